The molecule has 0 aromatic carbocycles. The molecule has 0 aromatic heterocycles. The molecule has 0 heterocycles. The van der Waals surface area contributed by atoms with Crippen LogP contribution in [0.3, 0.4) is 0 Å². The molecule has 0 aliphatic heterocycles. The molecule has 12 heavy (non-hydrogen) atoms. The maximum Gasteiger partial charge on any atom is 0.302 e. The summed E-state index contributed by atoms with van der Waals surface area (Å²) in [5.74, 6) is 0.421. The van der Waals surface area contributed by atoms with Crippen molar-refractivity contribution in [3.63, 3.8) is 0 Å². The summed E-state index contributed by atoms with van der Waals surface area (Å²) >= 11 is 0. The highest BCUT2D eigenvalue weighted by Gasteiger charge is 2.40. The van der Waals surface area contributed by atoms with Crippen LogP contribution in [-0.2, 0) is 9.53 Å². The Labute approximate surface area is 79.5 Å². The second-order valence-corrected chi connectivity index (χ2v) is 3.41. The predicted octanol–water partition coefficient (Wildman–Crippen LogP) is 0.921. The average molecular weight is 194 g/mol. The molecule has 1 aliphatic carbocycles. The summed E-state index contributed by atoms with van der Waals surface area (Å²) in [6, 6.07) is 0. The third-order valence-corrected chi connectivity index (χ3v) is 1.77. The third-order valence-electron chi connectivity index (χ3n) is 1.77. The Balaban J connectivity index is 0.00000121. The molecule has 1 aliphatic rings. The Morgan fingerprint density at radius 2 is 2.17 bits per heavy atom. The van der Waals surface area contributed by atoms with Gasteiger partial charge in [-0.3, -0.25) is 4.79 Å². The van der Waals surface area contributed by atoms with Crippen LogP contribution < -0.4 is 0 Å². The molecule has 0 amide bonds. The first-order chi connectivity index (χ1) is 5.09. The number of nitrogens with zero attached hydrogens (tertiary/aromatic N) is 1. The molecular formula is C8H16ClNO2. The second-order valence-electron chi connectivity index (χ2n) is 3.41. The minimum Gasteiger partial charge on any atom is -0.462 e. The summed E-state index contributed by atoms with van der Waals surface area (Å²) < 4.78 is 5.01. The molecule has 2 atom stereocenters. The fourth-order valence-corrected chi connectivity index (χ4v) is 1.24. The van der Waals surface area contributed by atoms with E-state index in [1.54, 1.807) is 0 Å². The highest BCUT2D eigenvalue weighted by molar-refractivity contribution is 5.85. The smallest absolute Gasteiger partial charge is 0.302 e. The minimum absolute atomic E-state index is 0. The zero-order valence-corrected chi connectivity index (χ0v) is 8.56. The van der Waals surface area contributed by atoms with Crippen LogP contribution in [0.4, 0.5) is 0 Å². The van der Waals surface area contributed by atoms with Crippen LogP contribution in [0.15, 0.2) is 0 Å². The van der Waals surface area contributed by atoms with E-state index < -0.39 is 0 Å². The van der Waals surface area contributed by atoms with Crippen LogP contribution in [0.5, 0.6) is 0 Å². The van der Waals surface area contributed by atoms with E-state index in [4.69, 9.17) is 4.74 Å². The summed E-state index contributed by atoms with van der Waals surface area (Å²) in [6.45, 7) is 2.49. The Kier molecular flexibility index (Phi) is 4.57. The van der Waals surface area contributed by atoms with Gasteiger partial charge in [0.15, 0.2) is 0 Å². The predicted molar refractivity (Wildman–Crippen MR) is 49.5 cm³/mol. The molecule has 0 radical (unpaired) electrons. The van der Waals surface area contributed by atoms with Gasteiger partial charge in [-0.15, -0.1) is 12.4 Å². The van der Waals surface area contributed by atoms with Crippen molar-refractivity contribution in [1.82, 2.24) is 4.90 Å². The van der Waals surface area contributed by atoms with E-state index in [9.17, 15) is 4.79 Å². The molecule has 3 nitrogen and oxygen atoms in total. The minimum atomic E-state index is -0.156. The number of carbonyl (C=O) groups is 1. The van der Waals surface area contributed by atoms with Gasteiger partial charge in [0, 0.05) is 19.4 Å². The number of carbonyl (C=O) groups excluding carboxylic acids is 1. The van der Waals surface area contributed by atoms with Crippen molar-refractivity contribution >= 4 is 18.4 Å². The average Bonchev–Trinajstić information content (AvgIpc) is 2.43. The highest BCUT2D eigenvalue weighted by Crippen LogP contribution is 2.33. The molecule has 72 valence electrons. The monoisotopic (exact) mass is 193 g/mol. The Morgan fingerprint density at radius 1 is 1.58 bits per heavy atom. The maximum atomic E-state index is 10.5. The standard InChI is InChI=1S/C8H15NO2.ClH/c1-6(10)11-8-4-7(8)5-9(2)3;/h7-8H,4-5H2,1-3H3;1H. The summed E-state index contributed by atoms with van der Waals surface area (Å²) in [5.41, 5.74) is 0. The lowest BCUT2D eigenvalue weighted by atomic mass is 10.4. The molecule has 0 saturated heterocycles. The summed E-state index contributed by atoms with van der Waals surface area (Å²) in [6.07, 6.45) is 1.24. The Hall–Kier alpha value is -0.280. The molecule has 1 rings (SSSR count). The van der Waals surface area contributed by atoms with Crippen LogP contribution in [-0.4, -0.2) is 37.6 Å². The molecule has 1 fully saturated rings. The first kappa shape index (κ1) is 11.7. The highest BCUT2D eigenvalue weighted by atomic mass is 35.5. The quantitative estimate of drug-likeness (QED) is 0.625. The van der Waals surface area contributed by atoms with E-state index in [-0.39, 0.29) is 24.5 Å². The second kappa shape index (κ2) is 4.67. The van der Waals surface area contributed by atoms with E-state index in [0.29, 0.717) is 5.92 Å². The molecule has 0 N–H and O–H groups in total. The van der Waals surface area contributed by atoms with Crippen molar-refractivity contribution in [3.8, 4) is 0 Å². The lowest BCUT2D eigenvalue weighted by Crippen LogP contribution is -2.17. The van der Waals surface area contributed by atoms with Crippen molar-refractivity contribution in [1.29, 1.82) is 0 Å². The summed E-state index contributed by atoms with van der Waals surface area (Å²) in [7, 11) is 4.06. The van der Waals surface area contributed by atoms with E-state index in [2.05, 4.69) is 4.90 Å². The number of ether oxygens (including phenoxy) is 1. The van der Waals surface area contributed by atoms with Crippen molar-refractivity contribution in [2.75, 3.05) is 20.6 Å². The Morgan fingerprint density at radius 3 is 2.58 bits per heavy atom. The van der Waals surface area contributed by atoms with Crippen molar-refractivity contribution in [2.24, 2.45) is 5.92 Å². The zero-order valence-electron chi connectivity index (χ0n) is 7.74. The van der Waals surface area contributed by atoms with Crippen molar-refractivity contribution in [3.05, 3.63) is 0 Å². The normalized spacial score (nSPS) is 26.3. The van der Waals surface area contributed by atoms with E-state index in [1.165, 1.54) is 6.92 Å². The summed E-state index contributed by atoms with van der Waals surface area (Å²) in [5, 5.41) is 0. The van der Waals surface area contributed by atoms with Crippen molar-refractivity contribution in [2.45, 2.75) is 19.4 Å². The lowest BCUT2D eigenvalue weighted by Gasteiger charge is -2.07. The van der Waals surface area contributed by atoms with Crippen molar-refractivity contribution < 1.29 is 9.53 Å². The molecule has 0 bridgehead atoms. The van der Waals surface area contributed by atoms with Gasteiger partial charge < -0.3 is 9.64 Å². The van der Waals surface area contributed by atoms with Gasteiger partial charge in [-0.05, 0) is 20.5 Å². The van der Waals surface area contributed by atoms with E-state index in [0.717, 1.165) is 13.0 Å². The van der Waals surface area contributed by atoms with E-state index in [1.807, 2.05) is 14.1 Å². The first-order valence-electron chi connectivity index (χ1n) is 3.91. The van der Waals surface area contributed by atoms with Gasteiger partial charge in [-0.25, -0.2) is 0 Å². The molecule has 0 aromatic rings. The van der Waals surface area contributed by atoms with Crippen LogP contribution in [0.1, 0.15) is 13.3 Å². The number of halogens is 1. The van der Waals surface area contributed by atoms with Crippen LogP contribution in [0, 0.1) is 5.92 Å². The van der Waals surface area contributed by atoms with Gasteiger partial charge in [-0.1, -0.05) is 0 Å². The van der Waals surface area contributed by atoms with Gasteiger partial charge in [-0.2, -0.15) is 0 Å². The number of hydrogen-bond donors (Lipinski definition) is 0. The molecular weight excluding hydrogens is 178 g/mol. The first-order valence-corrected chi connectivity index (χ1v) is 3.91. The summed E-state index contributed by atoms with van der Waals surface area (Å²) in [4.78, 5) is 12.6. The fourth-order valence-electron chi connectivity index (χ4n) is 1.24. The largest absolute Gasteiger partial charge is 0.462 e. The number of hydrogen-bond acceptors (Lipinski definition) is 3. The Bertz CT molecular complexity index is 161. The number of esters is 1. The molecule has 2 unspecified atom stereocenters. The fraction of sp³-hybridized carbons (Fsp3) is 0.875. The van der Waals surface area contributed by atoms with Crippen LogP contribution in [0.25, 0.3) is 0 Å². The maximum absolute atomic E-state index is 10.5. The SMILES string of the molecule is CC(=O)OC1CC1CN(C)C.Cl. The molecule has 1 saturated carbocycles. The topological polar surface area (TPSA) is 29.5 Å². The molecule has 4 heteroatoms. The van der Waals surface area contributed by atoms with Crippen LogP contribution in [0.2, 0.25) is 0 Å². The van der Waals surface area contributed by atoms with Gasteiger partial charge in [0.25, 0.3) is 0 Å². The van der Waals surface area contributed by atoms with Crippen LogP contribution >= 0.6 is 12.4 Å². The van der Waals surface area contributed by atoms with Gasteiger partial charge >= 0.3 is 5.97 Å². The van der Waals surface area contributed by atoms with E-state index >= 15 is 0 Å². The molecule has 0 spiro atoms. The zero-order chi connectivity index (χ0) is 8.43. The van der Waals surface area contributed by atoms with Gasteiger partial charge in [0.1, 0.15) is 6.10 Å². The lowest BCUT2D eigenvalue weighted by molar-refractivity contribution is -0.142. The van der Waals surface area contributed by atoms with Gasteiger partial charge in [0.2, 0.25) is 0 Å². The third kappa shape index (κ3) is 3.93. The number of rotatable bonds is 3. The van der Waals surface area contributed by atoms with Gasteiger partial charge in [0.05, 0.1) is 0 Å².